The number of carbonyl (C=O) groups excluding carboxylic acids is 1. The summed E-state index contributed by atoms with van der Waals surface area (Å²) in [6.45, 7) is 0. The summed E-state index contributed by atoms with van der Waals surface area (Å²) in [5, 5.41) is 5.39. The van der Waals surface area contributed by atoms with Crippen LogP contribution in [0.1, 0.15) is 4.88 Å². The number of carbonyl (C=O) groups is 1. The fraction of sp³-hybridized carbons (Fsp3) is 0.0833. The van der Waals surface area contributed by atoms with Gasteiger partial charge in [0.1, 0.15) is 0 Å². The fourth-order valence-corrected chi connectivity index (χ4v) is 2.81. The van der Waals surface area contributed by atoms with Gasteiger partial charge in [0.15, 0.2) is 0 Å². The van der Waals surface area contributed by atoms with Gasteiger partial charge in [-0.25, -0.2) is 4.79 Å². The standard InChI is InChI=1S/C12H11ClN2OS2/c13-9-3-5-10(6-4-9)14-12(16)15-18-8-11-2-1-7-17-11/h1-7H,8H2,(H2,14,15,16). The molecule has 6 heteroatoms. The Morgan fingerprint density at radius 2 is 2.06 bits per heavy atom. The summed E-state index contributed by atoms with van der Waals surface area (Å²) in [6, 6.07) is 10.8. The molecular formula is C12H11ClN2OS2. The summed E-state index contributed by atoms with van der Waals surface area (Å²) < 4.78 is 2.72. The average Bonchev–Trinajstić information content (AvgIpc) is 2.85. The first-order valence-electron chi connectivity index (χ1n) is 5.21. The minimum Gasteiger partial charge on any atom is -0.307 e. The number of benzene rings is 1. The van der Waals surface area contributed by atoms with E-state index < -0.39 is 0 Å². The van der Waals surface area contributed by atoms with Gasteiger partial charge >= 0.3 is 6.03 Å². The molecule has 1 heterocycles. The molecule has 2 amide bonds. The Kier molecular flexibility index (Phi) is 4.92. The number of thiophene rings is 1. The second kappa shape index (κ2) is 6.68. The van der Waals surface area contributed by atoms with E-state index in [9.17, 15) is 4.79 Å². The molecular weight excluding hydrogens is 288 g/mol. The molecule has 1 aromatic heterocycles. The predicted molar refractivity (Wildman–Crippen MR) is 79.2 cm³/mol. The van der Waals surface area contributed by atoms with Crippen LogP contribution in [0.5, 0.6) is 0 Å². The Bertz CT molecular complexity index is 499. The maximum Gasteiger partial charge on any atom is 0.329 e. The van der Waals surface area contributed by atoms with Crippen molar-refractivity contribution in [2.24, 2.45) is 0 Å². The molecule has 0 bridgehead atoms. The first kappa shape index (κ1) is 13.3. The van der Waals surface area contributed by atoms with E-state index >= 15 is 0 Å². The van der Waals surface area contributed by atoms with Crippen LogP contribution in [-0.2, 0) is 5.75 Å². The molecule has 2 N–H and O–H groups in total. The molecule has 3 nitrogen and oxygen atoms in total. The normalized spacial score (nSPS) is 10.1. The van der Waals surface area contributed by atoms with Crippen molar-refractivity contribution in [2.45, 2.75) is 5.75 Å². The SMILES string of the molecule is O=C(NSCc1cccs1)Nc1ccc(Cl)cc1. The third kappa shape index (κ3) is 4.25. The lowest BCUT2D eigenvalue weighted by atomic mass is 10.3. The van der Waals surface area contributed by atoms with Gasteiger partial charge in [-0.1, -0.05) is 17.7 Å². The summed E-state index contributed by atoms with van der Waals surface area (Å²) >= 11 is 8.79. The maximum atomic E-state index is 11.6. The van der Waals surface area contributed by atoms with Gasteiger partial charge in [0, 0.05) is 21.3 Å². The topological polar surface area (TPSA) is 41.1 Å². The number of rotatable bonds is 4. The highest BCUT2D eigenvalue weighted by Gasteiger charge is 2.02. The van der Waals surface area contributed by atoms with Crippen LogP contribution < -0.4 is 10.0 Å². The van der Waals surface area contributed by atoms with Crippen molar-refractivity contribution in [1.82, 2.24) is 4.72 Å². The lowest BCUT2D eigenvalue weighted by Crippen LogP contribution is -2.22. The van der Waals surface area contributed by atoms with E-state index in [1.54, 1.807) is 35.6 Å². The van der Waals surface area contributed by atoms with Gasteiger partial charge in [-0.15, -0.1) is 11.3 Å². The van der Waals surface area contributed by atoms with Crippen LogP contribution in [0.15, 0.2) is 41.8 Å². The molecule has 0 aliphatic rings. The van der Waals surface area contributed by atoms with Gasteiger partial charge in [-0.05, 0) is 47.7 Å². The van der Waals surface area contributed by atoms with Crippen molar-refractivity contribution >= 4 is 46.6 Å². The number of hydrogen-bond acceptors (Lipinski definition) is 3. The second-order valence-corrected chi connectivity index (χ2v) is 5.68. The first-order valence-corrected chi connectivity index (χ1v) is 7.45. The molecule has 2 rings (SSSR count). The highest BCUT2D eigenvalue weighted by atomic mass is 35.5. The third-order valence-electron chi connectivity index (χ3n) is 2.06. The van der Waals surface area contributed by atoms with E-state index in [0.29, 0.717) is 10.7 Å². The van der Waals surface area contributed by atoms with Crippen LogP contribution in [0, 0.1) is 0 Å². The highest BCUT2D eigenvalue weighted by molar-refractivity contribution is 7.97. The lowest BCUT2D eigenvalue weighted by Gasteiger charge is -2.06. The minimum absolute atomic E-state index is 0.237. The third-order valence-corrected chi connectivity index (χ3v) is 4.16. The van der Waals surface area contributed by atoms with E-state index in [2.05, 4.69) is 10.0 Å². The largest absolute Gasteiger partial charge is 0.329 e. The molecule has 0 atom stereocenters. The molecule has 0 aliphatic heterocycles. The monoisotopic (exact) mass is 298 g/mol. The molecule has 0 fully saturated rings. The quantitative estimate of drug-likeness (QED) is 0.823. The number of anilines is 1. The number of hydrogen-bond donors (Lipinski definition) is 2. The first-order chi connectivity index (χ1) is 8.74. The molecule has 0 radical (unpaired) electrons. The molecule has 0 spiro atoms. The van der Waals surface area contributed by atoms with Gasteiger partial charge in [-0.3, -0.25) is 4.72 Å². The van der Waals surface area contributed by atoms with E-state index in [-0.39, 0.29) is 6.03 Å². The summed E-state index contributed by atoms with van der Waals surface area (Å²) in [4.78, 5) is 12.8. The number of urea groups is 1. The second-order valence-electron chi connectivity index (χ2n) is 3.43. The Hall–Kier alpha value is -1.17. The van der Waals surface area contributed by atoms with Crippen molar-refractivity contribution < 1.29 is 4.79 Å². The molecule has 0 saturated heterocycles. The number of halogens is 1. The Balaban J connectivity index is 1.73. The van der Waals surface area contributed by atoms with Crippen molar-refractivity contribution in [1.29, 1.82) is 0 Å². The van der Waals surface area contributed by atoms with E-state index in [0.717, 1.165) is 5.75 Å². The zero-order valence-corrected chi connectivity index (χ0v) is 11.7. The van der Waals surface area contributed by atoms with Gasteiger partial charge in [0.2, 0.25) is 0 Å². The van der Waals surface area contributed by atoms with Crippen LogP contribution in [0.25, 0.3) is 0 Å². The molecule has 0 unspecified atom stereocenters. The Morgan fingerprint density at radius 1 is 1.28 bits per heavy atom. The van der Waals surface area contributed by atoms with Crippen LogP contribution in [-0.4, -0.2) is 6.03 Å². The predicted octanol–water partition coefficient (Wildman–Crippen LogP) is 4.37. The lowest BCUT2D eigenvalue weighted by molar-refractivity contribution is 0.257. The van der Waals surface area contributed by atoms with Gasteiger partial charge < -0.3 is 5.32 Å². The zero-order valence-electron chi connectivity index (χ0n) is 9.35. The zero-order chi connectivity index (χ0) is 12.8. The van der Waals surface area contributed by atoms with Crippen LogP contribution >= 0.6 is 34.9 Å². The molecule has 0 saturated carbocycles. The summed E-state index contributed by atoms with van der Waals surface area (Å²) in [5.41, 5.74) is 0.716. The van der Waals surface area contributed by atoms with E-state index in [1.165, 1.54) is 16.8 Å². The van der Waals surface area contributed by atoms with Crippen molar-refractivity contribution in [2.75, 3.05) is 5.32 Å². The number of amides is 2. The number of nitrogens with one attached hydrogen (secondary N) is 2. The van der Waals surface area contributed by atoms with E-state index in [1.807, 2.05) is 17.5 Å². The van der Waals surface area contributed by atoms with E-state index in [4.69, 9.17) is 11.6 Å². The van der Waals surface area contributed by atoms with Gasteiger partial charge in [0.05, 0.1) is 0 Å². The van der Waals surface area contributed by atoms with Gasteiger partial charge in [-0.2, -0.15) is 0 Å². The fourth-order valence-electron chi connectivity index (χ4n) is 1.26. The van der Waals surface area contributed by atoms with Crippen molar-refractivity contribution in [3.8, 4) is 0 Å². The average molecular weight is 299 g/mol. The van der Waals surface area contributed by atoms with Crippen LogP contribution in [0.2, 0.25) is 5.02 Å². The van der Waals surface area contributed by atoms with Crippen molar-refractivity contribution in [3.05, 3.63) is 51.7 Å². The van der Waals surface area contributed by atoms with Crippen LogP contribution in [0.3, 0.4) is 0 Å². The Labute approximate surface area is 119 Å². The minimum atomic E-state index is -0.237. The molecule has 1 aromatic carbocycles. The Morgan fingerprint density at radius 3 is 2.72 bits per heavy atom. The molecule has 94 valence electrons. The van der Waals surface area contributed by atoms with Crippen molar-refractivity contribution in [3.63, 3.8) is 0 Å². The molecule has 2 aromatic rings. The van der Waals surface area contributed by atoms with Gasteiger partial charge in [0.25, 0.3) is 0 Å². The summed E-state index contributed by atoms with van der Waals surface area (Å²) in [7, 11) is 0. The smallest absolute Gasteiger partial charge is 0.307 e. The summed E-state index contributed by atoms with van der Waals surface area (Å²) in [5.74, 6) is 0.770. The highest BCUT2D eigenvalue weighted by Crippen LogP contribution is 2.16. The molecule has 18 heavy (non-hydrogen) atoms. The maximum absolute atomic E-state index is 11.6. The van der Waals surface area contributed by atoms with Crippen LogP contribution in [0.4, 0.5) is 10.5 Å². The summed E-state index contributed by atoms with van der Waals surface area (Å²) in [6.07, 6.45) is 0. The molecule has 0 aliphatic carbocycles.